The van der Waals surface area contributed by atoms with Gasteiger partial charge in [-0.25, -0.2) is 0 Å². The molecule has 0 aliphatic rings. The fourth-order valence-corrected chi connectivity index (χ4v) is 1.30. The number of nitrogens with zero attached hydrogens (tertiary/aromatic N) is 1. The van der Waals surface area contributed by atoms with Crippen molar-refractivity contribution in [3.8, 4) is 11.4 Å². The van der Waals surface area contributed by atoms with Gasteiger partial charge in [-0.2, -0.15) is 4.98 Å². The maximum atomic E-state index is 11.5. The average Bonchev–Trinajstić information content (AvgIpc) is 2.51. The lowest BCUT2D eigenvalue weighted by Crippen LogP contribution is -2.10. The van der Waals surface area contributed by atoms with Crippen molar-refractivity contribution in [1.29, 1.82) is 0 Å². The van der Waals surface area contributed by atoms with Gasteiger partial charge in [-0.3, -0.25) is 15.0 Å². The lowest BCUT2D eigenvalue weighted by molar-refractivity contribution is 1.07. The zero-order valence-electron chi connectivity index (χ0n) is 7.42. The van der Waals surface area contributed by atoms with Crippen molar-refractivity contribution in [2.24, 2.45) is 0 Å². The maximum absolute atomic E-state index is 11.5. The van der Waals surface area contributed by atoms with Crippen LogP contribution in [0.25, 0.3) is 11.4 Å². The Bertz CT molecular complexity index is 565. The fraction of sp³-hybridized carbons (Fsp3) is 0.125. The van der Waals surface area contributed by atoms with Crippen LogP contribution < -0.4 is 5.56 Å². The van der Waals surface area contributed by atoms with E-state index in [1.54, 1.807) is 6.07 Å². The van der Waals surface area contributed by atoms with Gasteiger partial charge in [-0.15, -0.1) is 0 Å². The van der Waals surface area contributed by atoms with Crippen molar-refractivity contribution in [2.45, 2.75) is 6.92 Å². The summed E-state index contributed by atoms with van der Waals surface area (Å²) in [5.41, 5.74) is 1.11. The van der Waals surface area contributed by atoms with E-state index in [2.05, 4.69) is 20.2 Å². The minimum atomic E-state index is -0.178. The molecule has 14 heavy (non-hydrogen) atoms. The van der Waals surface area contributed by atoms with Crippen LogP contribution in [0.5, 0.6) is 0 Å². The van der Waals surface area contributed by atoms with E-state index in [-0.39, 0.29) is 5.56 Å². The Morgan fingerprint density at radius 1 is 1.36 bits per heavy atom. The van der Waals surface area contributed by atoms with Crippen molar-refractivity contribution in [3.05, 3.63) is 33.0 Å². The van der Waals surface area contributed by atoms with Crippen LogP contribution in [0.1, 0.15) is 5.69 Å². The van der Waals surface area contributed by atoms with Gasteiger partial charge in [0.15, 0.2) is 5.82 Å². The number of rotatable bonds is 1. The number of aromatic amines is 3. The standard InChI is InChI=1S/C8H8N4OS/c1-4-2-3-5(7(13)9-4)6-10-8(14)12-11-6/h2-3H,1H3,(H,9,13)(H2,10,11,12,14). The van der Waals surface area contributed by atoms with Gasteiger partial charge in [0.05, 0.1) is 5.56 Å². The van der Waals surface area contributed by atoms with Crippen LogP contribution in [-0.4, -0.2) is 20.2 Å². The summed E-state index contributed by atoms with van der Waals surface area (Å²) < 4.78 is 0.333. The summed E-state index contributed by atoms with van der Waals surface area (Å²) in [6.07, 6.45) is 0. The van der Waals surface area contributed by atoms with Gasteiger partial charge in [0, 0.05) is 5.69 Å². The third-order valence-electron chi connectivity index (χ3n) is 1.81. The van der Waals surface area contributed by atoms with Gasteiger partial charge in [0.2, 0.25) is 4.77 Å². The van der Waals surface area contributed by atoms with Crippen molar-refractivity contribution < 1.29 is 0 Å². The molecule has 3 N–H and O–H groups in total. The molecule has 0 atom stereocenters. The molecular weight excluding hydrogens is 200 g/mol. The lowest BCUT2D eigenvalue weighted by Gasteiger charge is -1.95. The molecule has 0 radical (unpaired) electrons. The lowest BCUT2D eigenvalue weighted by atomic mass is 10.2. The van der Waals surface area contributed by atoms with E-state index in [1.807, 2.05) is 13.0 Å². The summed E-state index contributed by atoms with van der Waals surface area (Å²) in [6.45, 7) is 1.82. The number of hydrogen-bond acceptors (Lipinski definition) is 3. The van der Waals surface area contributed by atoms with Gasteiger partial charge < -0.3 is 4.98 Å². The third kappa shape index (κ3) is 1.51. The van der Waals surface area contributed by atoms with Crippen LogP contribution in [0.2, 0.25) is 0 Å². The first kappa shape index (κ1) is 8.89. The van der Waals surface area contributed by atoms with Crippen LogP contribution in [-0.2, 0) is 0 Å². The normalized spacial score (nSPS) is 10.4. The molecule has 2 rings (SSSR count). The van der Waals surface area contributed by atoms with Gasteiger partial charge >= 0.3 is 0 Å². The van der Waals surface area contributed by atoms with Crippen LogP contribution >= 0.6 is 12.2 Å². The summed E-state index contributed by atoms with van der Waals surface area (Å²) in [4.78, 5) is 18.1. The molecule has 2 heterocycles. The van der Waals surface area contributed by atoms with E-state index >= 15 is 0 Å². The molecule has 2 aromatic rings. The SMILES string of the molecule is Cc1ccc(-c2nc(=S)[nH][nH]2)c(=O)[nH]1. The van der Waals surface area contributed by atoms with Gasteiger partial charge in [-0.05, 0) is 31.3 Å². The molecule has 72 valence electrons. The van der Waals surface area contributed by atoms with E-state index < -0.39 is 0 Å². The average molecular weight is 208 g/mol. The summed E-state index contributed by atoms with van der Waals surface area (Å²) in [7, 11) is 0. The number of aryl methyl sites for hydroxylation is 1. The molecule has 0 bridgehead atoms. The molecule has 6 heteroatoms. The first-order valence-electron chi connectivity index (χ1n) is 4.02. The van der Waals surface area contributed by atoms with Crippen molar-refractivity contribution in [1.82, 2.24) is 20.2 Å². The quantitative estimate of drug-likeness (QED) is 0.615. The Labute approximate surface area is 84.2 Å². The number of nitrogens with one attached hydrogen (secondary N) is 3. The second kappa shape index (κ2) is 3.22. The smallest absolute Gasteiger partial charge is 0.259 e. The zero-order chi connectivity index (χ0) is 10.1. The summed E-state index contributed by atoms with van der Waals surface area (Å²) in [5.74, 6) is 0.455. The highest BCUT2D eigenvalue weighted by Gasteiger charge is 2.05. The van der Waals surface area contributed by atoms with E-state index in [0.29, 0.717) is 16.2 Å². The first-order chi connectivity index (χ1) is 6.66. The third-order valence-corrected chi connectivity index (χ3v) is 2.00. The second-order valence-electron chi connectivity index (χ2n) is 2.90. The highest BCUT2D eigenvalue weighted by atomic mass is 32.1. The minimum absolute atomic E-state index is 0.178. The zero-order valence-corrected chi connectivity index (χ0v) is 8.23. The largest absolute Gasteiger partial charge is 0.326 e. The monoisotopic (exact) mass is 208 g/mol. The van der Waals surface area contributed by atoms with Crippen LogP contribution in [0.4, 0.5) is 0 Å². The van der Waals surface area contributed by atoms with Gasteiger partial charge in [0.1, 0.15) is 0 Å². The molecule has 0 spiro atoms. The van der Waals surface area contributed by atoms with E-state index in [9.17, 15) is 4.79 Å². The number of H-pyrrole nitrogens is 3. The molecule has 2 aromatic heterocycles. The molecule has 0 aliphatic carbocycles. The van der Waals surface area contributed by atoms with Crippen molar-refractivity contribution in [3.63, 3.8) is 0 Å². The Morgan fingerprint density at radius 3 is 2.71 bits per heavy atom. The van der Waals surface area contributed by atoms with E-state index in [1.165, 1.54) is 0 Å². The van der Waals surface area contributed by atoms with E-state index in [0.717, 1.165) is 5.69 Å². The summed E-state index contributed by atoms with van der Waals surface area (Å²) in [5, 5.41) is 5.36. The molecule has 0 unspecified atom stereocenters. The Kier molecular flexibility index (Phi) is 2.05. The topological polar surface area (TPSA) is 77.3 Å². The number of aromatic nitrogens is 4. The molecule has 0 saturated carbocycles. The van der Waals surface area contributed by atoms with Crippen molar-refractivity contribution >= 4 is 12.2 Å². The van der Waals surface area contributed by atoms with Crippen LogP contribution in [0.3, 0.4) is 0 Å². The van der Waals surface area contributed by atoms with Crippen molar-refractivity contribution in [2.75, 3.05) is 0 Å². The highest BCUT2D eigenvalue weighted by molar-refractivity contribution is 7.71. The van der Waals surface area contributed by atoms with Gasteiger partial charge in [-0.1, -0.05) is 0 Å². The predicted octanol–water partition coefficient (Wildman–Crippen LogP) is 1.13. The maximum Gasteiger partial charge on any atom is 0.259 e. The Hall–Kier alpha value is -1.69. The second-order valence-corrected chi connectivity index (χ2v) is 3.29. The molecule has 0 amide bonds. The highest BCUT2D eigenvalue weighted by Crippen LogP contribution is 2.07. The van der Waals surface area contributed by atoms with Crippen LogP contribution in [0.15, 0.2) is 16.9 Å². The summed E-state index contributed by atoms with van der Waals surface area (Å²) >= 11 is 4.79. The number of hydrogen-bond donors (Lipinski definition) is 3. The summed E-state index contributed by atoms with van der Waals surface area (Å²) in [6, 6.07) is 3.51. The predicted molar refractivity (Wildman–Crippen MR) is 54.6 cm³/mol. The van der Waals surface area contributed by atoms with Gasteiger partial charge in [0.25, 0.3) is 5.56 Å². The molecule has 5 nitrogen and oxygen atoms in total. The molecule has 0 aliphatic heterocycles. The number of pyridine rings is 1. The fourth-order valence-electron chi connectivity index (χ4n) is 1.16. The van der Waals surface area contributed by atoms with E-state index in [4.69, 9.17) is 12.2 Å². The molecule has 0 aromatic carbocycles. The Balaban J connectivity index is 2.63. The molecule has 0 fully saturated rings. The minimum Gasteiger partial charge on any atom is -0.326 e. The Morgan fingerprint density at radius 2 is 2.14 bits per heavy atom. The van der Waals surface area contributed by atoms with Crippen LogP contribution in [0, 0.1) is 11.7 Å². The molecular formula is C8H8N4OS. The molecule has 0 saturated heterocycles. The first-order valence-corrected chi connectivity index (χ1v) is 4.42.